The van der Waals surface area contributed by atoms with Gasteiger partial charge in [0.1, 0.15) is 6.54 Å². The van der Waals surface area contributed by atoms with Gasteiger partial charge in [-0.1, -0.05) is 35.0 Å². The summed E-state index contributed by atoms with van der Waals surface area (Å²) in [5.74, 6) is 0.824. The second-order valence-electron chi connectivity index (χ2n) is 6.32. The molecule has 0 unspecified atom stereocenters. The van der Waals surface area contributed by atoms with Crippen LogP contribution in [-0.2, 0) is 6.54 Å². The lowest BCUT2D eigenvalue weighted by atomic mass is 10.1. The van der Waals surface area contributed by atoms with Gasteiger partial charge in [0.2, 0.25) is 11.7 Å². The molecule has 7 heteroatoms. The van der Waals surface area contributed by atoms with E-state index in [0.717, 1.165) is 16.0 Å². The number of aromatic nitrogens is 4. The minimum Gasteiger partial charge on any atom is -0.337 e. The van der Waals surface area contributed by atoms with Gasteiger partial charge in [-0.3, -0.25) is 4.79 Å². The van der Waals surface area contributed by atoms with Crippen LogP contribution < -0.4 is 5.56 Å². The van der Waals surface area contributed by atoms with Gasteiger partial charge in [-0.15, -0.1) is 11.8 Å². The molecule has 2 aromatic heterocycles. The zero-order chi connectivity index (χ0) is 19.5. The fraction of sp³-hybridized carbons (Fsp3) is 0.143. The highest BCUT2D eigenvalue weighted by atomic mass is 32.2. The lowest BCUT2D eigenvalue weighted by molar-refractivity contribution is 0.363. The summed E-state index contributed by atoms with van der Waals surface area (Å²) < 4.78 is 6.67. The molecule has 0 N–H and O–H groups in total. The summed E-state index contributed by atoms with van der Waals surface area (Å²) in [6.45, 7) is 2.15. The minimum atomic E-state index is -0.222. The van der Waals surface area contributed by atoms with Crippen molar-refractivity contribution >= 4 is 11.8 Å². The highest BCUT2D eigenvalue weighted by Gasteiger charge is 2.11. The molecule has 6 nitrogen and oxygen atoms in total. The van der Waals surface area contributed by atoms with Gasteiger partial charge in [0.25, 0.3) is 5.56 Å². The Morgan fingerprint density at radius 1 is 0.964 bits per heavy atom. The lowest BCUT2D eigenvalue weighted by Gasteiger charge is -2.05. The largest absolute Gasteiger partial charge is 0.337 e. The molecule has 0 aliphatic heterocycles. The fourth-order valence-corrected chi connectivity index (χ4v) is 3.15. The molecule has 0 fully saturated rings. The van der Waals surface area contributed by atoms with Gasteiger partial charge in [0, 0.05) is 22.1 Å². The Morgan fingerprint density at radius 2 is 1.68 bits per heavy atom. The number of hydrogen-bond acceptors (Lipinski definition) is 6. The molecule has 0 aliphatic rings. The van der Waals surface area contributed by atoms with Crippen molar-refractivity contribution in [3.8, 4) is 22.6 Å². The van der Waals surface area contributed by atoms with Gasteiger partial charge in [-0.2, -0.15) is 10.1 Å². The van der Waals surface area contributed by atoms with Crippen molar-refractivity contribution in [3.63, 3.8) is 0 Å². The maximum atomic E-state index is 12.2. The van der Waals surface area contributed by atoms with E-state index in [0.29, 0.717) is 17.4 Å². The van der Waals surface area contributed by atoms with Crippen LogP contribution in [0.15, 0.2) is 74.9 Å². The number of aryl methyl sites for hydroxylation is 1. The summed E-state index contributed by atoms with van der Waals surface area (Å²) in [7, 11) is 0. The highest BCUT2D eigenvalue weighted by Crippen LogP contribution is 2.21. The predicted molar refractivity (Wildman–Crippen MR) is 109 cm³/mol. The molecular formula is C21H18N4O2S. The summed E-state index contributed by atoms with van der Waals surface area (Å²) in [5.41, 5.74) is 3.47. The van der Waals surface area contributed by atoms with Crippen LogP contribution in [0.4, 0.5) is 0 Å². The zero-order valence-corrected chi connectivity index (χ0v) is 16.3. The minimum absolute atomic E-state index is 0.119. The number of hydrogen-bond donors (Lipinski definition) is 0. The monoisotopic (exact) mass is 390 g/mol. The molecule has 0 amide bonds. The molecule has 28 heavy (non-hydrogen) atoms. The third-order valence-corrected chi connectivity index (χ3v) is 5.06. The van der Waals surface area contributed by atoms with Crippen LogP contribution in [0.1, 0.15) is 11.5 Å². The van der Waals surface area contributed by atoms with Crippen molar-refractivity contribution in [2.75, 3.05) is 6.26 Å². The van der Waals surface area contributed by atoms with Gasteiger partial charge in [0.15, 0.2) is 0 Å². The summed E-state index contributed by atoms with van der Waals surface area (Å²) in [4.78, 5) is 17.8. The predicted octanol–water partition coefficient (Wildman–Crippen LogP) is 4.04. The van der Waals surface area contributed by atoms with Crippen molar-refractivity contribution in [3.05, 3.63) is 82.5 Å². The molecule has 0 radical (unpaired) electrons. The smallest absolute Gasteiger partial charge is 0.267 e. The van der Waals surface area contributed by atoms with Gasteiger partial charge < -0.3 is 4.52 Å². The first kappa shape index (κ1) is 18.2. The molecule has 0 aliphatic carbocycles. The van der Waals surface area contributed by atoms with Crippen molar-refractivity contribution in [2.24, 2.45) is 0 Å². The molecule has 4 aromatic rings. The Labute approximate surface area is 166 Å². The normalized spacial score (nSPS) is 10.9. The van der Waals surface area contributed by atoms with Crippen LogP contribution in [0.5, 0.6) is 0 Å². The van der Waals surface area contributed by atoms with Crippen LogP contribution in [0, 0.1) is 6.92 Å². The fourth-order valence-electron chi connectivity index (χ4n) is 2.75. The van der Waals surface area contributed by atoms with E-state index in [4.69, 9.17) is 4.52 Å². The van der Waals surface area contributed by atoms with Crippen LogP contribution in [-0.4, -0.2) is 26.2 Å². The Morgan fingerprint density at radius 3 is 2.39 bits per heavy atom. The molecule has 2 aromatic carbocycles. The molecule has 0 saturated heterocycles. The van der Waals surface area contributed by atoms with E-state index in [-0.39, 0.29) is 12.1 Å². The molecule has 0 saturated carbocycles. The SMILES string of the molecule is CSc1ccc(-c2noc(Cn3nc(-c4ccc(C)cc4)ccc3=O)n2)cc1. The highest BCUT2D eigenvalue weighted by molar-refractivity contribution is 7.98. The summed E-state index contributed by atoms with van der Waals surface area (Å²) >= 11 is 1.67. The van der Waals surface area contributed by atoms with E-state index >= 15 is 0 Å². The van der Waals surface area contributed by atoms with Gasteiger partial charge in [-0.05, 0) is 43.5 Å². The first-order chi connectivity index (χ1) is 13.6. The van der Waals surface area contributed by atoms with Crippen LogP contribution in [0.25, 0.3) is 22.6 Å². The van der Waals surface area contributed by atoms with Crippen molar-refractivity contribution in [1.29, 1.82) is 0 Å². The number of thioether (sulfide) groups is 1. The maximum Gasteiger partial charge on any atom is 0.267 e. The Balaban J connectivity index is 1.59. The van der Waals surface area contributed by atoms with E-state index in [1.54, 1.807) is 17.8 Å². The van der Waals surface area contributed by atoms with E-state index in [9.17, 15) is 4.79 Å². The molecule has 0 spiro atoms. The van der Waals surface area contributed by atoms with E-state index in [2.05, 4.69) is 15.2 Å². The molecule has 2 heterocycles. The van der Waals surface area contributed by atoms with E-state index < -0.39 is 0 Å². The molecular weight excluding hydrogens is 372 g/mol. The van der Waals surface area contributed by atoms with E-state index in [1.807, 2.05) is 61.7 Å². The summed E-state index contributed by atoms with van der Waals surface area (Å²) in [6.07, 6.45) is 2.02. The van der Waals surface area contributed by atoms with Crippen molar-refractivity contribution in [2.45, 2.75) is 18.4 Å². The quantitative estimate of drug-likeness (QED) is 0.479. The lowest BCUT2D eigenvalue weighted by Crippen LogP contribution is -2.23. The Bertz CT molecular complexity index is 1150. The van der Waals surface area contributed by atoms with Gasteiger partial charge in [-0.25, -0.2) is 4.68 Å². The average Bonchev–Trinajstić information content (AvgIpc) is 3.19. The number of benzene rings is 2. The van der Waals surface area contributed by atoms with Gasteiger partial charge in [0.05, 0.1) is 5.69 Å². The third kappa shape index (κ3) is 3.89. The second-order valence-corrected chi connectivity index (χ2v) is 7.20. The first-order valence-electron chi connectivity index (χ1n) is 8.74. The number of nitrogens with zero attached hydrogens (tertiary/aromatic N) is 4. The summed E-state index contributed by atoms with van der Waals surface area (Å²) in [5, 5.41) is 8.47. The Hall–Kier alpha value is -3.19. The molecule has 4 rings (SSSR count). The van der Waals surface area contributed by atoms with Crippen molar-refractivity contribution < 1.29 is 4.52 Å². The maximum absolute atomic E-state index is 12.2. The third-order valence-electron chi connectivity index (χ3n) is 4.32. The van der Waals surface area contributed by atoms with Gasteiger partial charge >= 0.3 is 0 Å². The second kappa shape index (κ2) is 7.82. The van der Waals surface area contributed by atoms with Crippen LogP contribution >= 0.6 is 11.8 Å². The van der Waals surface area contributed by atoms with Crippen LogP contribution in [0.2, 0.25) is 0 Å². The average molecular weight is 390 g/mol. The van der Waals surface area contributed by atoms with Crippen LogP contribution in [0.3, 0.4) is 0 Å². The van der Waals surface area contributed by atoms with Crippen molar-refractivity contribution in [1.82, 2.24) is 19.9 Å². The molecule has 0 atom stereocenters. The molecule has 140 valence electrons. The molecule has 0 bridgehead atoms. The topological polar surface area (TPSA) is 73.8 Å². The zero-order valence-electron chi connectivity index (χ0n) is 15.5. The Kier molecular flexibility index (Phi) is 5.08. The summed E-state index contributed by atoms with van der Waals surface area (Å²) in [6, 6.07) is 19.1. The number of rotatable bonds is 5. The first-order valence-corrected chi connectivity index (χ1v) is 9.97. The standard InChI is InChI=1S/C21H18N4O2S/c1-14-3-5-15(6-4-14)18-11-12-20(26)25(23-18)13-19-22-21(24-27-19)16-7-9-17(28-2)10-8-16/h3-12H,13H2,1-2H3. The van der Waals surface area contributed by atoms with E-state index in [1.165, 1.54) is 16.3 Å².